The molecule has 0 heterocycles. The lowest BCUT2D eigenvalue weighted by Gasteiger charge is -2.16. The number of nitro benzene ring substituents is 1. The van der Waals surface area contributed by atoms with Crippen LogP contribution in [0.5, 0.6) is 0 Å². The molecule has 100 valence electrons. The van der Waals surface area contributed by atoms with Crippen molar-refractivity contribution in [3.05, 3.63) is 38.3 Å². The van der Waals surface area contributed by atoms with Crippen molar-refractivity contribution < 1.29 is 9.72 Å². The zero-order chi connectivity index (χ0) is 14.6. The van der Waals surface area contributed by atoms with Crippen molar-refractivity contribution in [3.8, 4) is 12.3 Å². The third kappa shape index (κ3) is 3.55. The molecule has 1 aromatic carbocycles. The van der Waals surface area contributed by atoms with Gasteiger partial charge in [0.1, 0.15) is 4.47 Å². The summed E-state index contributed by atoms with van der Waals surface area (Å²) in [6, 6.07) is 3.86. The first-order valence-electron chi connectivity index (χ1n) is 5.58. The maximum atomic E-state index is 12.1. The SMILES string of the molecule is C#CC(NC(=O)c1cccc([N+](=O)[O-])c1Br)C(C)C. The van der Waals surface area contributed by atoms with Gasteiger partial charge in [0, 0.05) is 6.07 Å². The number of terminal acetylenes is 1. The van der Waals surface area contributed by atoms with E-state index in [0.29, 0.717) is 0 Å². The lowest BCUT2D eigenvalue weighted by Crippen LogP contribution is -2.37. The van der Waals surface area contributed by atoms with Gasteiger partial charge in [-0.1, -0.05) is 25.8 Å². The summed E-state index contributed by atoms with van der Waals surface area (Å²) < 4.78 is 0.150. The fourth-order valence-corrected chi connectivity index (χ4v) is 2.05. The number of nitrogens with one attached hydrogen (secondary N) is 1. The molecule has 0 saturated heterocycles. The van der Waals surface area contributed by atoms with E-state index in [0.717, 1.165) is 0 Å². The summed E-state index contributed by atoms with van der Waals surface area (Å²) in [6.45, 7) is 3.76. The van der Waals surface area contributed by atoms with Crippen LogP contribution < -0.4 is 5.32 Å². The Morgan fingerprint density at radius 1 is 1.53 bits per heavy atom. The Bertz CT molecular complexity index is 549. The Morgan fingerprint density at radius 3 is 2.63 bits per heavy atom. The predicted molar refractivity (Wildman–Crippen MR) is 75.7 cm³/mol. The van der Waals surface area contributed by atoms with Crippen LogP contribution in [0, 0.1) is 28.4 Å². The molecular formula is C13H13BrN2O3. The van der Waals surface area contributed by atoms with Crippen LogP contribution in [0.15, 0.2) is 22.7 Å². The minimum absolute atomic E-state index is 0.0754. The van der Waals surface area contributed by atoms with Gasteiger partial charge in [0.2, 0.25) is 0 Å². The fraction of sp³-hybridized carbons (Fsp3) is 0.308. The molecule has 19 heavy (non-hydrogen) atoms. The van der Waals surface area contributed by atoms with Crippen LogP contribution in [-0.4, -0.2) is 16.9 Å². The maximum Gasteiger partial charge on any atom is 0.284 e. The molecule has 0 aliphatic heterocycles. The molecule has 1 amide bonds. The zero-order valence-electron chi connectivity index (χ0n) is 10.5. The van der Waals surface area contributed by atoms with Gasteiger partial charge >= 0.3 is 0 Å². The average molecular weight is 325 g/mol. The van der Waals surface area contributed by atoms with Gasteiger partial charge in [-0.25, -0.2) is 0 Å². The standard InChI is InChI=1S/C13H13BrN2O3/c1-4-10(8(2)3)15-13(17)9-6-5-7-11(12(9)14)16(18)19/h1,5-8,10H,2-3H3,(H,15,17). The van der Waals surface area contributed by atoms with E-state index < -0.39 is 16.9 Å². The highest BCUT2D eigenvalue weighted by Gasteiger charge is 2.21. The first-order valence-corrected chi connectivity index (χ1v) is 6.37. The molecule has 0 fully saturated rings. The van der Waals surface area contributed by atoms with E-state index in [1.54, 1.807) is 0 Å². The van der Waals surface area contributed by atoms with E-state index in [-0.39, 0.29) is 21.6 Å². The van der Waals surface area contributed by atoms with Gasteiger partial charge in [0.05, 0.1) is 16.5 Å². The van der Waals surface area contributed by atoms with Crippen molar-refractivity contribution in [2.24, 2.45) is 5.92 Å². The molecule has 1 unspecified atom stereocenters. The molecule has 5 nitrogen and oxygen atoms in total. The molecular weight excluding hydrogens is 312 g/mol. The lowest BCUT2D eigenvalue weighted by molar-refractivity contribution is -0.385. The molecule has 6 heteroatoms. The van der Waals surface area contributed by atoms with Crippen LogP contribution >= 0.6 is 15.9 Å². The van der Waals surface area contributed by atoms with Gasteiger partial charge in [0.15, 0.2) is 0 Å². The number of benzene rings is 1. The molecule has 0 aromatic heterocycles. The minimum Gasteiger partial charge on any atom is -0.338 e. The lowest BCUT2D eigenvalue weighted by atomic mass is 10.0. The fourth-order valence-electron chi connectivity index (χ4n) is 1.46. The molecule has 1 atom stereocenters. The minimum atomic E-state index is -0.554. The summed E-state index contributed by atoms with van der Waals surface area (Å²) in [5, 5.41) is 13.5. The number of halogens is 1. The van der Waals surface area contributed by atoms with Gasteiger partial charge in [-0.2, -0.15) is 0 Å². The summed E-state index contributed by atoms with van der Waals surface area (Å²) in [5.74, 6) is 2.12. The number of nitro groups is 1. The number of hydrogen-bond acceptors (Lipinski definition) is 3. The summed E-state index contributed by atoms with van der Waals surface area (Å²) in [5.41, 5.74) is 0.0320. The number of nitrogens with zero attached hydrogens (tertiary/aromatic N) is 1. The van der Waals surface area contributed by atoms with Crippen molar-refractivity contribution in [1.29, 1.82) is 0 Å². The normalized spacial score (nSPS) is 11.7. The van der Waals surface area contributed by atoms with Crippen LogP contribution in [0.3, 0.4) is 0 Å². The van der Waals surface area contributed by atoms with E-state index in [2.05, 4.69) is 27.2 Å². The molecule has 0 radical (unpaired) electrons. The molecule has 0 aliphatic carbocycles. The second kappa shape index (κ2) is 6.34. The smallest absolute Gasteiger partial charge is 0.284 e. The number of carbonyl (C=O) groups is 1. The van der Waals surface area contributed by atoms with Crippen molar-refractivity contribution in [2.75, 3.05) is 0 Å². The van der Waals surface area contributed by atoms with Gasteiger partial charge < -0.3 is 5.32 Å². The van der Waals surface area contributed by atoms with Crippen molar-refractivity contribution in [3.63, 3.8) is 0 Å². The van der Waals surface area contributed by atoms with Crippen LogP contribution in [0.2, 0.25) is 0 Å². The van der Waals surface area contributed by atoms with E-state index in [1.165, 1.54) is 18.2 Å². The van der Waals surface area contributed by atoms with Gasteiger partial charge in [-0.3, -0.25) is 14.9 Å². The van der Waals surface area contributed by atoms with E-state index >= 15 is 0 Å². The summed E-state index contributed by atoms with van der Waals surface area (Å²) in [4.78, 5) is 22.3. The number of rotatable bonds is 4. The van der Waals surface area contributed by atoms with Gasteiger partial charge in [-0.15, -0.1) is 6.42 Å². The second-order valence-electron chi connectivity index (χ2n) is 4.26. The number of hydrogen-bond donors (Lipinski definition) is 1. The molecule has 0 saturated carbocycles. The predicted octanol–water partition coefficient (Wildman–Crippen LogP) is 2.74. The molecule has 0 aliphatic rings. The van der Waals surface area contributed by atoms with E-state index in [1.807, 2.05) is 13.8 Å². The summed E-state index contributed by atoms with van der Waals surface area (Å²) >= 11 is 3.08. The first kappa shape index (κ1) is 15.2. The largest absolute Gasteiger partial charge is 0.338 e. The number of amides is 1. The summed E-state index contributed by atoms with van der Waals surface area (Å²) in [6.07, 6.45) is 5.33. The molecule has 1 N–H and O–H groups in total. The Morgan fingerprint density at radius 2 is 2.16 bits per heavy atom. The highest BCUT2D eigenvalue weighted by Crippen LogP contribution is 2.28. The molecule has 0 bridgehead atoms. The third-order valence-corrected chi connectivity index (χ3v) is 3.39. The molecule has 1 rings (SSSR count). The van der Waals surface area contributed by atoms with Crippen LogP contribution in [0.4, 0.5) is 5.69 Å². The van der Waals surface area contributed by atoms with Crippen LogP contribution in [-0.2, 0) is 0 Å². The zero-order valence-corrected chi connectivity index (χ0v) is 12.1. The van der Waals surface area contributed by atoms with Crippen LogP contribution in [0.1, 0.15) is 24.2 Å². The highest BCUT2D eigenvalue weighted by atomic mass is 79.9. The van der Waals surface area contributed by atoms with Crippen LogP contribution in [0.25, 0.3) is 0 Å². The second-order valence-corrected chi connectivity index (χ2v) is 5.05. The van der Waals surface area contributed by atoms with Gasteiger partial charge in [-0.05, 0) is 27.9 Å². The quantitative estimate of drug-likeness (QED) is 0.526. The Balaban J connectivity index is 3.05. The average Bonchev–Trinajstić information content (AvgIpc) is 2.35. The summed E-state index contributed by atoms with van der Waals surface area (Å²) in [7, 11) is 0. The maximum absolute atomic E-state index is 12.1. The monoisotopic (exact) mass is 324 g/mol. The molecule has 0 spiro atoms. The number of carbonyl (C=O) groups excluding carboxylic acids is 1. The van der Waals surface area contributed by atoms with E-state index in [4.69, 9.17) is 6.42 Å². The topological polar surface area (TPSA) is 72.2 Å². The van der Waals surface area contributed by atoms with Crippen molar-refractivity contribution in [2.45, 2.75) is 19.9 Å². The van der Waals surface area contributed by atoms with Crippen molar-refractivity contribution in [1.82, 2.24) is 5.32 Å². The first-order chi connectivity index (χ1) is 8.88. The Labute approximate surface area is 119 Å². The Hall–Kier alpha value is -1.87. The van der Waals surface area contributed by atoms with Crippen molar-refractivity contribution >= 4 is 27.5 Å². The molecule has 1 aromatic rings. The third-order valence-electron chi connectivity index (χ3n) is 2.55. The highest BCUT2D eigenvalue weighted by molar-refractivity contribution is 9.10. The van der Waals surface area contributed by atoms with Gasteiger partial charge in [0.25, 0.3) is 11.6 Å². The van der Waals surface area contributed by atoms with E-state index in [9.17, 15) is 14.9 Å². The Kier molecular flexibility index (Phi) is 5.07.